The van der Waals surface area contributed by atoms with Gasteiger partial charge in [-0.1, -0.05) is 35.3 Å². The van der Waals surface area contributed by atoms with E-state index in [9.17, 15) is 37.2 Å². The minimum absolute atomic E-state index is 0.0121. The van der Waals surface area contributed by atoms with Crippen LogP contribution >= 0.6 is 23.2 Å². The van der Waals surface area contributed by atoms with E-state index in [1.165, 1.54) is 24.3 Å². The van der Waals surface area contributed by atoms with Crippen LogP contribution < -0.4 is 21.3 Å². The Bertz CT molecular complexity index is 2550. The van der Waals surface area contributed by atoms with Crippen molar-refractivity contribution in [3.63, 3.8) is 0 Å². The maximum absolute atomic E-state index is 13.4. The number of carbonyl (C=O) groups is 6. The van der Waals surface area contributed by atoms with Crippen LogP contribution in [-0.4, -0.2) is 72.9 Å². The van der Waals surface area contributed by atoms with Crippen molar-refractivity contribution in [3.8, 4) is 0 Å². The number of rotatable bonds is 12. The summed E-state index contributed by atoms with van der Waals surface area (Å²) in [6, 6.07) is 12.9. The summed E-state index contributed by atoms with van der Waals surface area (Å²) in [6.45, 7) is 4.25. The lowest BCUT2D eigenvalue weighted by molar-refractivity contribution is -0.136. The molecule has 1 atom stereocenters. The zero-order valence-electron chi connectivity index (χ0n) is 30.7. The number of fused-ring (bicyclic) bond motifs is 2. The van der Waals surface area contributed by atoms with E-state index in [0.29, 0.717) is 65.4 Å². The molecule has 3 aromatic carbocycles. The third-order valence-electron chi connectivity index (χ3n) is 10.2. The summed E-state index contributed by atoms with van der Waals surface area (Å²) < 4.78 is 26.9. The lowest BCUT2D eigenvalue weighted by Crippen LogP contribution is -2.54. The first-order chi connectivity index (χ1) is 27.2. The molecule has 17 heteroatoms. The van der Waals surface area contributed by atoms with E-state index < -0.39 is 51.2 Å². The van der Waals surface area contributed by atoms with Crippen LogP contribution in [0.1, 0.15) is 84.8 Å². The monoisotopic (exact) mass is 830 g/mol. The van der Waals surface area contributed by atoms with Gasteiger partial charge in [-0.05, 0) is 87.2 Å². The molecule has 0 spiro atoms. The first kappa shape index (κ1) is 39.5. The number of nitrogens with zero attached hydrogens (tertiary/aromatic N) is 1. The number of hydrogen-bond donors (Lipinski definition) is 5. The smallest absolute Gasteiger partial charge is 0.264 e. The van der Waals surface area contributed by atoms with Crippen molar-refractivity contribution in [1.82, 2.24) is 20.5 Å². The Morgan fingerprint density at radius 1 is 0.912 bits per heavy atom. The number of halogens is 2. The molecule has 0 radical (unpaired) electrons. The number of H-pyrrole nitrogens is 1. The number of sulfone groups is 1. The lowest BCUT2D eigenvalue weighted by atomic mass is 10.0. The molecule has 5 N–H and O–H groups in total. The molecule has 294 valence electrons. The van der Waals surface area contributed by atoms with Crippen LogP contribution in [0.4, 0.5) is 11.4 Å². The van der Waals surface area contributed by atoms with Crippen LogP contribution in [0.25, 0.3) is 11.6 Å². The summed E-state index contributed by atoms with van der Waals surface area (Å²) in [6.07, 6.45) is 2.86. The van der Waals surface area contributed by atoms with Gasteiger partial charge in [0.1, 0.15) is 6.04 Å². The van der Waals surface area contributed by atoms with E-state index in [-0.39, 0.29) is 56.0 Å². The van der Waals surface area contributed by atoms with E-state index in [1.807, 2.05) is 0 Å². The van der Waals surface area contributed by atoms with E-state index in [2.05, 4.69) is 26.3 Å². The number of carbonyl (C=O) groups excluding carboxylic acids is 6. The van der Waals surface area contributed by atoms with Gasteiger partial charge in [-0.25, -0.2) is 8.42 Å². The van der Waals surface area contributed by atoms with Crippen molar-refractivity contribution in [2.45, 2.75) is 56.2 Å². The van der Waals surface area contributed by atoms with Crippen molar-refractivity contribution in [3.05, 3.63) is 109 Å². The highest BCUT2D eigenvalue weighted by atomic mass is 35.5. The Labute approximate surface area is 337 Å². The standard InChI is InChI=1S/C40H36Cl2N6O8S/c1-20-31(18-25-24-17-22(11-12-29(24)46-36(25)50)57(55,56)19-26-27(41)8-6-9-28(26)42)45-21(2)34(20)38(52)44-16-4-3-15-43-30-10-5-7-23-35(30)40(54)48(39(23)53)32-13-14-33(49)47-37(32)51/h5-12,17-18,32,43,45H,3-4,13-16,19H2,1-2H3,(H,44,52)(H,46,50)(H,47,49,51)/b25-18-. The molecule has 3 aliphatic rings. The number of aromatic amines is 1. The largest absolute Gasteiger partial charge is 0.384 e. The molecule has 7 rings (SSSR count). The molecule has 6 amide bonds. The van der Waals surface area contributed by atoms with Crippen LogP contribution in [0.2, 0.25) is 10.0 Å². The Balaban J connectivity index is 0.971. The van der Waals surface area contributed by atoms with Crippen LogP contribution in [0.5, 0.6) is 0 Å². The van der Waals surface area contributed by atoms with Crippen LogP contribution in [0.15, 0.2) is 59.5 Å². The summed E-state index contributed by atoms with van der Waals surface area (Å²) in [5, 5.41) is 11.5. The van der Waals surface area contributed by atoms with Crippen molar-refractivity contribution in [2.24, 2.45) is 0 Å². The van der Waals surface area contributed by atoms with Gasteiger partial charge in [0.05, 0.1) is 32.9 Å². The first-order valence-electron chi connectivity index (χ1n) is 18.0. The average molecular weight is 832 g/mol. The molecule has 14 nitrogen and oxygen atoms in total. The highest BCUT2D eigenvalue weighted by Crippen LogP contribution is 2.37. The molecule has 1 saturated heterocycles. The highest BCUT2D eigenvalue weighted by molar-refractivity contribution is 7.90. The Hall–Kier alpha value is -5.77. The van der Waals surface area contributed by atoms with Gasteiger partial charge < -0.3 is 20.9 Å². The minimum Gasteiger partial charge on any atom is -0.384 e. The summed E-state index contributed by atoms with van der Waals surface area (Å²) in [5.74, 6) is -3.48. The number of nitrogens with one attached hydrogen (secondary N) is 5. The third-order valence-corrected chi connectivity index (χ3v) is 12.5. The van der Waals surface area contributed by atoms with Crippen LogP contribution in [-0.2, 0) is 30.0 Å². The van der Waals surface area contributed by atoms with Gasteiger partial charge in [-0.3, -0.25) is 39.0 Å². The second-order valence-corrected chi connectivity index (χ2v) is 16.7. The number of benzene rings is 3. The summed E-state index contributed by atoms with van der Waals surface area (Å²) >= 11 is 12.5. The van der Waals surface area contributed by atoms with Crippen LogP contribution in [0, 0.1) is 13.8 Å². The van der Waals surface area contributed by atoms with E-state index >= 15 is 0 Å². The number of unbranched alkanes of at least 4 members (excludes halogenated alkanes) is 1. The van der Waals surface area contributed by atoms with Gasteiger partial charge in [-0.15, -0.1) is 0 Å². The normalized spacial score (nSPS) is 17.1. The minimum atomic E-state index is -3.91. The molecule has 57 heavy (non-hydrogen) atoms. The van der Waals surface area contributed by atoms with Crippen molar-refractivity contribution in [1.29, 1.82) is 0 Å². The summed E-state index contributed by atoms with van der Waals surface area (Å²) in [7, 11) is -3.91. The number of piperidine rings is 1. The maximum Gasteiger partial charge on any atom is 0.264 e. The molecule has 3 aliphatic heterocycles. The maximum atomic E-state index is 13.4. The predicted octanol–water partition coefficient (Wildman–Crippen LogP) is 5.43. The molecule has 0 saturated carbocycles. The Kier molecular flexibility index (Phi) is 10.8. The number of imide groups is 2. The zero-order chi connectivity index (χ0) is 40.8. The number of aromatic nitrogens is 1. The fourth-order valence-electron chi connectivity index (χ4n) is 7.28. The van der Waals surface area contributed by atoms with Crippen LogP contribution in [0.3, 0.4) is 0 Å². The second-order valence-electron chi connectivity index (χ2n) is 13.9. The third kappa shape index (κ3) is 7.57. The van der Waals surface area contributed by atoms with Crippen molar-refractivity contribution >= 4 is 91.5 Å². The average Bonchev–Trinajstić information content (AvgIpc) is 3.73. The molecule has 1 fully saturated rings. The van der Waals surface area contributed by atoms with Crippen molar-refractivity contribution < 1.29 is 37.2 Å². The zero-order valence-corrected chi connectivity index (χ0v) is 33.0. The predicted molar refractivity (Wildman–Crippen MR) is 214 cm³/mol. The molecular formula is C40H36Cl2N6O8S. The molecule has 4 heterocycles. The lowest BCUT2D eigenvalue weighted by Gasteiger charge is -2.27. The van der Waals surface area contributed by atoms with Gasteiger partial charge in [-0.2, -0.15) is 0 Å². The SMILES string of the molecule is Cc1[nH]c(/C=C2\C(=O)Nc3ccc(S(=O)(=O)Cc4c(Cl)cccc4Cl)cc32)c(C)c1C(=O)NCCCCNc1cccc2c1C(=O)N(C1CCC(=O)NC1=O)C2=O. The van der Waals surface area contributed by atoms with E-state index in [1.54, 1.807) is 50.3 Å². The second kappa shape index (κ2) is 15.6. The highest BCUT2D eigenvalue weighted by Gasteiger charge is 2.45. The first-order valence-corrected chi connectivity index (χ1v) is 20.5. The van der Waals surface area contributed by atoms with Crippen molar-refractivity contribution in [2.75, 3.05) is 23.7 Å². The Morgan fingerprint density at radius 3 is 2.37 bits per heavy atom. The number of hydrogen-bond acceptors (Lipinski definition) is 9. The summed E-state index contributed by atoms with van der Waals surface area (Å²) in [5.41, 5.74) is 4.23. The number of aryl methyl sites for hydroxylation is 1. The summed E-state index contributed by atoms with van der Waals surface area (Å²) in [4.78, 5) is 81.0. The number of amides is 6. The topological polar surface area (TPSA) is 204 Å². The van der Waals surface area contributed by atoms with E-state index in [4.69, 9.17) is 23.2 Å². The van der Waals surface area contributed by atoms with Gasteiger partial charge in [0.25, 0.3) is 23.6 Å². The fourth-order valence-corrected chi connectivity index (χ4v) is 9.40. The molecule has 0 bridgehead atoms. The Morgan fingerprint density at radius 2 is 1.63 bits per heavy atom. The quantitative estimate of drug-likeness (QED) is 0.0701. The van der Waals surface area contributed by atoms with E-state index in [0.717, 1.165) is 4.90 Å². The van der Waals surface area contributed by atoms with Gasteiger partial charge in [0.2, 0.25) is 11.8 Å². The molecule has 4 aromatic rings. The van der Waals surface area contributed by atoms with Gasteiger partial charge in [0.15, 0.2) is 9.84 Å². The van der Waals surface area contributed by atoms with Gasteiger partial charge in [0, 0.05) is 63.4 Å². The fraction of sp³-hybridized carbons (Fsp3) is 0.250. The molecule has 0 aliphatic carbocycles. The molecular weight excluding hydrogens is 795 g/mol. The molecule has 1 aromatic heterocycles. The molecule has 1 unspecified atom stereocenters. The number of anilines is 2. The van der Waals surface area contributed by atoms with Gasteiger partial charge >= 0.3 is 0 Å².